The molecular formula is C14H13N3O5. The van der Waals surface area contributed by atoms with Gasteiger partial charge in [0, 0.05) is 19.2 Å². The van der Waals surface area contributed by atoms with E-state index in [2.05, 4.69) is 10.6 Å². The van der Waals surface area contributed by atoms with Gasteiger partial charge in [0.05, 0.1) is 6.07 Å². The van der Waals surface area contributed by atoms with Gasteiger partial charge in [-0.1, -0.05) is 12.1 Å². The number of carbonyl (C=O) groups is 2. The predicted molar refractivity (Wildman–Crippen MR) is 76.4 cm³/mol. The smallest absolute Gasteiger partial charge is 0.395 e. The Morgan fingerprint density at radius 1 is 1.14 bits per heavy atom. The number of hydrogen-bond donors (Lipinski definition) is 2. The first-order valence-electron chi connectivity index (χ1n) is 6.34. The lowest BCUT2D eigenvalue weighted by atomic mass is 10.1. The standard InChI is InChI=1S/C14H13N3O5/c1-15-13(18)10-4-2-9(3-5-10)8-16-14(19)11-6-7-12(22-11)17(20)21/h2-7H,8H2,1H3,(H,15,18)(H,16,19). The van der Waals surface area contributed by atoms with E-state index in [0.29, 0.717) is 5.56 Å². The van der Waals surface area contributed by atoms with Gasteiger partial charge in [-0.25, -0.2) is 0 Å². The number of rotatable bonds is 5. The molecule has 114 valence electrons. The van der Waals surface area contributed by atoms with Crippen molar-refractivity contribution in [2.45, 2.75) is 6.54 Å². The van der Waals surface area contributed by atoms with E-state index >= 15 is 0 Å². The Morgan fingerprint density at radius 3 is 2.36 bits per heavy atom. The van der Waals surface area contributed by atoms with E-state index in [9.17, 15) is 19.7 Å². The number of carbonyl (C=O) groups excluding carboxylic acids is 2. The van der Waals surface area contributed by atoms with Crippen LogP contribution in [0.25, 0.3) is 0 Å². The van der Waals surface area contributed by atoms with Crippen LogP contribution in [0.1, 0.15) is 26.5 Å². The minimum Gasteiger partial charge on any atom is -0.395 e. The molecule has 1 heterocycles. The van der Waals surface area contributed by atoms with Crippen LogP contribution in [-0.2, 0) is 6.54 Å². The molecule has 0 atom stereocenters. The molecule has 0 bridgehead atoms. The van der Waals surface area contributed by atoms with E-state index in [1.54, 1.807) is 31.3 Å². The average Bonchev–Trinajstić information content (AvgIpc) is 3.02. The molecule has 1 aromatic carbocycles. The summed E-state index contributed by atoms with van der Waals surface area (Å²) >= 11 is 0. The van der Waals surface area contributed by atoms with Gasteiger partial charge in [0.1, 0.15) is 4.92 Å². The first kappa shape index (κ1) is 15.2. The Kier molecular flexibility index (Phi) is 4.52. The maximum Gasteiger partial charge on any atom is 0.433 e. The highest BCUT2D eigenvalue weighted by atomic mass is 16.6. The van der Waals surface area contributed by atoms with Crippen LogP contribution in [0.2, 0.25) is 0 Å². The summed E-state index contributed by atoms with van der Waals surface area (Å²) in [5.41, 5.74) is 1.29. The number of furan rings is 1. The van der Waals surface area contributed by atoms with E-state index in [1.807, 2.05) is 0 Å². The molecule has 8 nitrogen and oxygen atoms in total. The molecule has 0 saturated carbocycles. The third kappa shape index (κ3) is 3.48. The summed E-state index contributed by atoms with van der Waals surface area (Å²) in [5, 5.41) is 15.6. The fourth-order valence-corrected chi connectivity index (χ4v) is 1.74. The van der Waals surface area contributed by atoms with Gasteiger partial charge in [-0.15, -0.1) is 0 Å². The number of hydrogen-bond acceptors (Lipinski definition) is 5. The normalized spacial score (nSPS) is 10.0. The second-order valence-corrected chi connectivity index (χ2v) is 4.35. The van der Waals surface area contributed by atoms with Gasteiger partial charge < -0.3 is 15.1 Å². The van der Waals surface area contributed by atoms with Crippen molar-refractivity contribution in [1.82, 2.24) is 10.6 Å². The van der Waals surface area contributed by atoms with Crippen molar-refractivity contribution in [2.24, 2.45) is 0 Å². The third-order valence-corrected chi connectivity index (χ3v) is 2.89. The first-order valence-corrected chi connectivity index (χ1v) is 6.34. The van der Waals surface area contributed by atoms with Gasteiger partial charge in [-0.05, 0) is 23.8 Å². The van der Waals surface area contributed by atoms with Gasteiger partial charge in [0.15, 0.2) is 5.76 Å². The van der Waals surface area contributed by atoms with Crippen LogP contribution < -0.4 is 10.6 Å². The lowest BCUT2D eigenvalue weighted by Gasteiger charge is -2.04. The maximum atomic E-state index is 11.8. The molecule has 0 saturated heterocycles. The topological polar surface area (TPSA) is 114 Å². The highest BCUT2D eigenvalue weighted by Crippen LogP contribution is 2.15. The predicted octanol–water partition coefficient (Wildman–Crippen LogP) is 1.48. The largest absolute Gasteiger partial charge is 0.433 e. The fourth-order valence-electron chi connectivity index (χ4n) is 1.74. The zero-order valence-corrected chi connectivity index (χ0v) is 11.7. The van der Waals surface area contributed by atoms with E-state index in [0.717, 1.165) is 11.6 Å². The van der Waals surface area contributed by atoms with Gasteiger partial charge in [-0.2, -0.15) is 0 Å². The summed E-state index contributed by atoms with van der Waals surface area (Å²) in [6.07, 6.45) is 0. The van der Waals surface area contributed by atoms with Crippen molar-refractivity contribution >= 4 is 17.7 Å². The minimum absolute atomic E-state index is 0.131. The molecule has 8 heteroatoms. The Labute approximate surface area is 125 Å². The Hall–Kier alpha value is -3.16. The average molecular weight is 303 g/mol. The maximum absolute atomic E-state index is 11.8. The van der Waals surface area contributed by atoms with E-state index in [-0.39, 0.29) is 18.2 Å². The minimum atomic E-state index is -0.714. The van der Waals surface area contributed by atoms with Crippen LogP contribution in [0.15, 0.2) is 40.8 Å². The molecule has 0 aliphatic heterocycles. The van der Waals surface area contributed by atoms with Crippen LogP contribution in [-0.4, -0.2) is 23.8 Å². The summed E-state index contributed by atoms with van der Waals surface area (Å²) in [6, 6.07) is 9.04. The number of amides is 2. The number of nitrogens with zero attached hydrogens (tertiary/aromatic N) is 1. The molecule has 0 unspecified atom stereocenters. The van der Waals surface area contributed by atoms with Crippen LogP contribution in [0.3, 0.4) is 0 Å². The molecule has 2 amide bonds. The van der Waals surface area contributed by atoms with E-state index in [1.165, 1.54) is 6.07 Å². The number of nitrogens with one attached hydrogen (secondary N) is 2. The summed E-state index contributed by atoms with van der Waals surface area (Å²) < 4.78 is 4.80. The van der Waals surface area contributed by atoms with E-state index < -0.39 is 16.7 Å². The van der Waals surface area contributed by atoms with Crippen LogP contribution in [0, 0.1) is 10.1 Å². The van der Waals surface area contributed by atoms with Gasteiger partial charge >= 0.3 is 5.88 Å². The highest BCUT2D eigenvalue weighted by Gasteiger charge is 2.16. The monoisotopic (exact) mass is 303 g/mol. The molecule has 0 aliphatic rings. The molecular weight excluding hydrogens is 290 g/mol. The fraction of sp³-hybridized carbons (Fsp3) is 0.143. The molecule has 1 aromatic heterocycles. The van der Waals surface area contributed by atoms with Crippen LogP contribution in [0.4, 0.5) is 5.88 Å². The van der Waals surface area contributed by atoms with Gasteiger partial charge in [0.25, 0.3) is 11.8 Å². The van der Waals surface area contributed by atoms with Crippen LogP contribution in [0.5, 0.6) is 0 Å². The zero-order chi connectivity index (χ0) is 16.1. The van der Waals surface area contributed by atoms with Crippen molar-refractivity contribution < 1.29 is 18.9 Å². The summed E-state index contributed by atoms with van der Waals surface area (Å²) in [7, 11) is 1.54. The van der Waals surface area contributed by atoms with Crippen LogP contribution >= 0.6 is 0 Å². The molecule has 22 heavy (non-hydrogen) atoms. The van der Waals surface area contributed by atoms with Crippen molar-refractivity contribution in [3.63, 3.8) is 0 Å². The molecule has 2 aromatic rings. The molecule has 0 radical (unpaired) electrons. The molecule has 2 rings (SSSR count). The molecule has 0 aliphatic carbocycles. The Bertz CT molecular complexity index is 706. The summed E-state index contributed by atoms with van der Waals surface area (Å²) in [5.74, 6) is -1.37. The summed E-state index contributed by atoms with van der Waals surface area (Å²) in [4.78, 5) is 32.9. The molecule has 0 spiro atoms. The van der Waals surface area contributed by atoms with Crippen molar-refractivity contribution in [2.75, 3.05) is 7.05 Å². The second kappa shape index (κ2) is 6.53. The second-order valence-electron chi connectivity index (χ2n) is 4.35. The first-order chi connectivity index (χ1) is 10.5. The lowest BCUT2D eigenvalue weighted by Crippen LogP contribution is -2.22. The lowest BCUT2D eigenvalue weighted by molar-refractivity contribution is -0.402. The van der Waals surface area contributed by atoms with Gasteiger partial charge in [-0.3, -0.25) is 19.7 Å². The van der Waals surface area contributed by atoms with Crippen molar-refractivity contribution in [3.05, 3.63) is 63.4 Å². The third-order valence-electron chi connectivity index (χ3n) is 2.89. The van der Waals surface area contributed by atoms with Crippen molar-refractivity contribution in [3.8, 4) is 0 Å². The Morgan fingerprint density at radius 2 is 1.82 bits per heavy atom. The summed E-state index contributed by atoms with van der Waals surface area (Å²) in [6.45, 7) is 0.210. The molecule has 0 fully saturated rings. The van der Waals surface area contributed by atoms with Gasteiger partial charge in [0.2, 0.25) is 0 Å². The highest BCUT2D eigenvalue weighted by molar-refractivity contribution is 5.94. The molecule has 2 N–H and O–H groups in total. The SMILES string of the molecule is CNC(=O)c1ccc(CNC(=O)c2ccc([N+](=O)[O-])o2)cc1. The Balaban J connectivity index is 1.95. The quantitative estimate of drug-likeness (QED) is 0.641. The number of benzene rings is 1. The van der Waals surface area contributed by atoms with Crippen molar-refractivity contribution in [1.29, 1.82) is 0 Å². The van der Waals surface area contributed by atoms with E-state index in [4.69, 9.17) is 4.42 Å². The zero-order valence-electron chi connectivity index (χ0n) is 11.7. The number of nitro groups is 1.